The molecule has 0 spiro atoms. The Balaban J connectivity index is 1.92. The summed E-state index contributed by atoms with van der Waals surface area (Å²) in [7, 11) is 1.66. The highest BCUT2D eigenvalue weighted by molar-refractivity contribution is 7.12. The first-order valence-electron chi connectivity index (χ1n) is 12.2. The van der Waals surface area contributed by atoms with Gasteiger partial charge in [0.05, 0.1) is 19.2 Å². The molecule has 0 aromatic carbocycles. The lowest BCUT2D eigenvalue weighted by atomic mass is 9.84. The number of methoxy groups -OCH3 is 1. The van der Waals surface area contributed by atoms with Crippen LogP contribution >= 0.6 is 11.3 Å². The summed E-state index contributed by atoms with van der Waals surface area (Å²) in [5.74, 6) is 2.02. The van der Waals surface area contributed by atoms with Gasteiger partial charge in [-0.05, 0) is 62.6 Å². The number of aryl methyl sites for hydroxylation is 3. The average Bonchev–Trinajstić information content (AvgIpc) is 3.00. The summed E-state index contributed by atoms with van der Waals surface area (Å²) < 4.78 is 5.57. The second kappa shape index (κ2) is 10.8. The molecule has 0 aliphatic carbocycles. The maximum Gasteiger partial charge on any atom is 0.255 e. The summed E-state index contributed by atoms with van der Waals surface area (Å²) >= 11 is 1.90. The number of carbonyl (C=O) groups excluding carboxylic acids is 1. The first-order valence-corrected chi connectivity index (χ1v) is 13.1. The van der Waals surface area contributed by atoms with Crippen molar-refractivity contribution in [3.63, 3.8) is 0 Å². The number of hydrogen-bond acceptors (Lipinski definition) is 4. The van der Waals surface area contributed by atoms with Crippen LogP contribution in [0.4, 0.5) is 0 Å². The summed E-state index contributed by atoms with van der Waals surface area (Å²) in [5.41, 5.74) is 5.27. The highest BCUT2D eigenvalue weighted by Crippen LogP contribution is 2.41. The van der Waals surface area contributed by atoms with Gasteiger partial charge in [0.15, 0.2) is 0 Å². The van der Waals surface area contributed by atoms with Gasteiger partial charge in [0, 0.05) is 27.6 Å². The van der Waals surface area contributed by atoms with E-state index in [-0.39, 0.29) is 5.91 Å². The largest absolute Gasteiger partial charge is 0.481 e. The molecule has 5 heteroatoms. The molecular weight excluding hydrogens is 416 g/mol. The zero-order valence-corrected chi connectivity index (χ0v) is 21.8. The van der Waals surface area contributed by atoms with Gasteiger partial charge in [0.2, 0.25) is 5.88 Å². The minimum Gasteiger partial charge on any atom is -0.481 e. The quantitative estimate of drug-likeness (QED) is 0.408. The van der Waals surface area contributed by atoms with E-state index in [1.807, 2.05) is 23.2 Å². The number of nitrogens with zero attached hydrogens (tertiary/aromatic N) is 2. The SMILES string of the molecule is CCCC(CCC)[C@@H](C)c1sc2c(c1C)C(=O)N(Cc1c(C)cc(C)nc1OC)CCC2. The van der Waals surface area contributed by atoms with Crippen molar-refractivity contribution in [3.05, 3.63) is 43.8 Å². The van der Waals surface area contributed by atoms with Crippen molar-refractivity contribution in [2.45, 2.75) is 92.5 Å². The van der Waals surface area contributed by atoms with Crippen molar-refractivity contribution < 1.29 is 9.53 Å². The van der Waals surface area contributed by atoms with Crippen molar-refractivity contribution in [2.24, 2.45) is 5.92 Å². The third kappa shape index (κ3) is 5.03. The van der Waals surface area contributed by atoms with Crippen molar-refractivity contribution in [3.8, 4) is 5.88 Å². The lowest BCUT2D eigenvalue weighted by molar-refractivity contribution is 0.0746. The molecule has 1 atom stereocenters. The second-order valence-corrected chi connectivity index (χ2v) is 10.6. The fourth-order valence-corrected chi connectivity index (χ4v) is 6.79. The number of carbonyl (C=O) groups is 1. The summed E-state index contributed by atoms with van der Waals surface area (Å²) in [4.78, 5) is 23.1. The van der Waals surface area contributed by atoms with Crippen LogP contribution in [0.3, 0.4) is 0 Å². The van der Waals surface area contributed by atoms with Crippen molar-refractivity contribution in [1.29, 1.82) is 0 Å². The molecule has 0 fully saturated rings. The fourth-order valence-electron chi connectivity index (χ4n) is 5.30. The van der Waals surface area contributed by atoms with Crippen molar-refractivity contribution >= 4 is 17.2 Å². The minimum atomic E-state index is 0.175. The molecule has 3 heterocycles. The van der Waals surface area contributed by atoms with Gasteiger partial charge in [0.25, 0.3) is 5.91 Å². The zero-order chi connectivity index (χ0) is 23.4. The number of thiophene rings is 1. The standard InChI is InChI=1S/C27H40N2O2S/c1-8-11-21(12-9-2)19(5)25-20(6)24-23(32-25)13-10-14-29(27(24)30)16-22-17(3)15-18(4)28-26(22)31-7/h15,19,21H,8-14,16H2,1-7H3/t19-/m1/s1. The van der Waals surface area contributed by atoms with Crippen LogP contribution in [0.5, 0.6) is 5.88 Å². The minimum absolute atomic E-state index is 0.175. The average molecular weight is 457 g/mol. The Kier molecular flexibility index (Phi) is 8.37. The lowest BCUT2D eigenvalue weighted by Gasteiger charge is -2.25. The molecule has 176 valence electrons. The Morgan fingerprint density at radius 3 is 2.50 bits per heavy atom. The van der Waals surface area contributed by atoms with Gasteiger partial charge in [-0.2, -0.15) is 0 Å². The molecule has 32 heavy (non-hydrogen) atoms. The Morgan fingerprint density at radius 2 is 1.88 bits per heavy atom. The predicted octanol–water partition coefficient (Wildman–Crippen LogP) is 6.99. The number of pyridine rings is 1. The number of aromatic nitrogens is 1. The third-order valence-electron chi connectivity index (χ3n) is 7.01. The molecule has 1 aliphatic heterocycles. The molecule has 3 rings (SSSR count). The molecule has 0 saturated heterocycles. The van der Waals surface area contributed by atoms with Crippen LogP contribution in [0, 0.1) is 26.7 Å². The van der Waals surface area contributed by atoms with E-state index in [4.69, 9.17) is 4.74 Å². The van der Waals surface area contributed by atoms with Gasteiger partial charge in [-0.1, -0.05) is 46.5 Å². The third-order valence-corrected chi connectivity index (χ3v) is 8.56. The highest BCUT2D eigenvalue weighted by Gasteiger charge is 2.31. The molecule has 0 saturated carbocycles. The van der Waals surface area contributed by atoms with Crippen LogP contribution in [0.2, 0.25) is 0 Å². The lowest BCUT2D eigenvalue weighted by Crippen LogP contribution is -2.31. The van der Waals surface area contributed by atoms with E-state index in [2.05, 4.69) is 45.7 Å². The Bertz CT molecular complexity index is 944. The molecular formula is C27H40N2O2S. The van der Waals surface area contributed by atoms with Crippen molar-refractivity contribution in [1.82, 2.24) is 9.88 Å². The smallest absolute Gasteiger partial charge is 0.255 e. The Morgan fingerprint density at radius 1 is 1.19 bits per heavy atom. The van der Waals surface area contributed by atoms with Gasteiger partial charge in [-0.15, -0.1) is 11.3 Å². The van der Waals surface area contributed by atoms with E-state index < -0.39 is 0 Å². The number of ether oxygens (including phenoxy) is 1. The van der Waals surface area contributed by atoms with Gasteiger partial charge >= 0.3 is 0 Å². The van der Waals surface area contributed by atoms with E-state index in [0.29, 0.717) is 24.3 Å². The molecule has 0 radical (unpaired) electrons. The molecule has 4 nitrogen and oxygen atoms in total. The van der Waals surface area contributed by atoms with E-state index >= 15 is 0 Å². The summed E-state index contributed by atoms with van der Waals surface area (Å²) in [5, 5.41) is 0. The van der Waals surface area contributed by atoms with Gasteiger partial charge in [-0.3, -0.25) is 4.79 Å². The molecule has 1 amide bonds. The number of fused-ring (bicyclic) bond motifs is 1. The molecule has 1 aliphatic rings. The van der Waals surface area contributed by atoms with Crippen molar-refractivity contribution in [2.75, 3.05) is 13.7 Å². The fraction of sp³-hybridized carbons (Fsp3) is 0.630. The van der Waals surface area contributed by atoms with Crippen LogP contribution in [0.25, 0.3) is 0 Å². The second-order valence-electron chi connectivity index (χ2n) is 9.41. The van der Waals surface area contributed by atoms with Gasteiger partial charge < -0.3 is 9.64 Å². The van der Waals surface area contributed by atoms with Crippen LogP contribution in [-0.2, 0) is 13.0 Å². The first kappa shape index (κ1) is 24.8. The van der Waals surface area contributed by atoms with Crippen LogP contribution in [0.15, 0.2) is 6.07 Å². The summed E-state index contributed by atoms with van der Waals surface area (Å²) in [6, 6.07) is 2.07. The number of hydrogen-bond donors (Lipinski definition) is 0. The molecule has 0 bridgehead atoms. The first-order chi connectivity index (χ1) is 15.3. The van der Waals surface area contributed by atoms with Gasteiger partial charge in [-0.25, -0.2) is 4.98 Å². The monoisotopic (exact) mass is 456 g/mol. The topological polar surface area (TPSA) is 42.4 Å². The molecule has 0 unspecified atom stereocenters. The normalized spacial score (nSPS) is 15.1. The van der Waals surface area contributed by atoms with Crippen LogP contribution in [0.1, 0.15) is 101 Å². The van der Waals surface area contributed by atoms with E-state index in [9.17, 15) is 4.79 Å². The summed E-state index contributed by atoms with van der Waals surface area (Å²) in [6.07, 6.45) is 6.95. The molecule has 0 N–H and O–H groups in total. The highest BCUT2D eigenvalue weighted by atomic mass is 32.1. The zero-order valence-electron chi connectivity index (χ0n) is 21.0. The maximum atomic E-state index is 13.8. The van der Waals surface area contributed by atoms with Crippen LogP contribution in [-0.4, -0.2) is 29.4 Å². The molecule has 2 aromatic heterocycles. The van der Waals surface area contributed by atoms with E-state index in [0.717, 1.165) is 41.8 Å². The molecule has 2 aromatic rings. The maximum absolute atomic E-state index is 13.8. The van der Waals surface area contributed by atoms with Gasteiger partial charge in [0.1, 0.15) is 0 Å². The van der Waals surface area contributed by atoms with Crippen LogP contribution < -0.4 is 4.74 Å². The number of amides is 1. The summed E-state index contributed by atoms with van der Waals surface area (Å²) in [6.45, 7) is 14.5. The van der Waals surface area contributed by atoms with E-state index in [1.54, 1.807) is 7.11 Å². The Labute approximate surface area is 198 Å². The van der Waals surface area contributed by atoms with E-state index in [1.165, 1.54) is 41.0 Å². The Hall–Kier alpha value is -1.88. The number of rotatable bonds is 9. The predicted molar refractivity (Wildman–Crippen MR) is 134 cm³/mol.